The second kappa shape index (κ2) is 4.98. The molecule has 0 radical (unpaired) electrons. The van der Waals surface area contributed by atoms with E-state index >= 15 is 0 Å². The summed E-state index contributed by atoms with van der Waals surface area (Å²) in [7, 11) is 1.60. The smallest absolute Gasteiger partial charge is 0.319 e. The molecule has 0 aliphatic rings. The van der Waals surface area contributed by atoms with Crippen molar-refractivity contribution in [2.24, 2.45) is 0 Å². The van der Waals surface area contributed by atoms with Crippen molar-refractivity contribution in [2.75, 3.05) is 26.1 Å². The first-order chi connectivity index (χ1) is 6.22. The molecule has 0 saturated carbocycles. The van der Waals surface area contributed by atoms with Crippen LogP contribution in [0.25, 0.3) is 0 Å². The van der Waals surface area contributed by atoms with Crippen LogP contribution in [0.5, 0.6) is 6.01 Å². The van der Waals surface area contributed by atoms with Crippen LogP contribution < -0.4 is 10.5 Å². The van der Waals surface area contributed by atoms with Crippen molar-refractivity contribution in [3.05, 3.63) is 10.7 Å². The molecule has 0 aliphatic heterocycles. The maximum absolute atomic E-state index is 5.47. The fourth-order valence-corrected chi connectivity index (χ4v) is 1.08. The van der Waals surface area contributed by atoms with E-state index in [-0.39, 0.29) is 6.01 Å². The lowest BCUT2D eigenvalue weighted by atomic mass is 10.6. The molecule has 0 atom stereocenters. The molecule has 0 aliphatic carbocycles. The number of ether oxygens (including phenoxy) is 2. The molecule has 1 rings (SSSR count). The molecule has 0 fully saturated rings. The molecule has 2 N–H and O–H groups in total. The molecule has 0 aromatic carbocycles. The molecule has 72 valence electrons. The molecule has 0 saturated heterocycles. The van der Waals surface area contributed by atoms with Gasteiger partial charge < -0.3 is 15.2 Å². The average Bonchev–Trinajstić information content (AvgIpc) is 2.03. The highest BCUT2D eigenvalue weighted by Gasteiger charge is 2.00. The van der Waals surface area contributed by atoms with E-state index in [2.05, 4.69) is 25.9 Å². The molecule has 1 aromatic rings. The van der Waals surface area contributed by atoms with E-state index in [1.165, 1.54) is 0 Å². The summed E-state index contributed by atoms with van der Waals surface area (Å²) in [6.45, 7) is 0.905. The average molecular weight is 248 g/mol. The maximum Gasteiger partial charge on any atom is 0.319 e. The van der Waals surface area contributed by atoms with Gasteiger partial charge in [-0.25, -0.2) is 0 Å². The number of hydrogen-bond donors (Lipinski definition) is 1. The molecule has 0 bridgehead atoms. The van der Waals surface area contributed by atoms with E-state index in [0.29, 0.717) is 23.6 Å². The lowest BCUT2D eigenvalue weighted by molar-refractivity contribution is 0.141. The van der Waals surface area contributed by atoms with E-state index in [4.69, 9.17) is 15.2 Å². The number of methoxy groups -OCH3 is 1. The van der Waals surface area contributed by atoms with Gasteiger partial charge in [-0.3, -0.25) is 0 Å². The molecule has 0 spiro atoms. The topological polar surface area (TPSA) is 70.3 Å². The Kier molecular flexibility index (Phi) is 3.91. The minimum Gasteiger partial charge on any atom is -0.461 e. The normalized spacial score (nSPS) is 10.0. The number of aromatic nitrogens is 2. The predicted molar refractivity (Wildman–Crippen MR) is 51.5 cm³/mol. The third kappa shape index (κ3) is 3.56. The van der Waals surface area contributed by atoms with Crippen molar-refractivity contribution in [1.29, 1.82) is 0 Å². The second-order valence-electron chi connectivity index (χ2n) is 2.24. The van der Waals surface area contributed by atoms with Gasteiger partial charge in [0.05, 0.1) is 6.61 Å². The van der Waals surface area contributed by atoms with Crippen LogP contribution in [0.1, 0.15) is 0 Å². The molecule has 6 heteroatoms. The van der Waals surface area contributed by atoms with Gasteiger partial charge in [-0.2, -0.15) is 9.97 Å². The Morgan fingerprint density at radius 3 is 2.85 bits per heavy atom. The van der Waals surface area contributed by atoms with E-state index in [1.54, 1.807) is 13.2 Å². The third-order valence-electron chi connectivity index (χ3n) is 1.21. The van der Waals surface area contributed by atoms with E-state index in [1.807, 2.05) is 0 Å². The zero-order valence-corrected chi connectivity index (χ0v) is 8.74. The Morgan fingerprint density at radius 1 is 1.46 bits per heavy atom. The van der Waals surface area contributed by atoms with Gasteiger partial charge in [-0.15, -0.1) is 0 Å². The van der Waals surface area contributed by atoms with Crippen LogP contribution in [0.4, 0.5) is 5.82 Å². The first-order valence-corrected chi connectivity index (χ1v) is 4.43. The third-order valence-corrected chi connectivity index (χ3v) is 1.62. The van der Waals surface area contributed by atoms with Crippen molar-refractivity contribution < 1.29 is 9.47 Å². The van der Waals surface area contributed by atoms with Crippen LogP contribution >= 0.6 is 15.9 Å². The zero-order valence-electron chi connectivity index (χ0n) is 7.16. The highest BCUT2D eigenvalue weighted by molar-refractivity contribution is 9.10. The Labute approximate surface area is 84.4 Å². The standard InChI is InChI=1S/C7H10BrN3O2/c1-12-2-3-13-7-10-5(8)4-6(9)11-7/h4H,2-3H2,1H3,(H2,9,10,11). The van der Waals surface area contributed by atoms with E-state index < -0.39 is 0 Å². The van der Waals surface area contributed by atoms with Gasteiger partial charge in [-0.1, -0.05) is 0 Å². The number of nitrogen functional groups attached to an aromatic ring is 1. The Morgan fingerprint density at radius 2 is 2.23 bits per heavy atom. The summed E-state index contributed by atoms with van der Waals surface area (Å²) in [4.78, 5) is 7.82. The monoisotopic (exact) mass is 247 g/mol. The van der Waals surface area contributed by atoms with Gasteiger partial charge in [0.2, 0.25) is 0 Å². The van der Waals surface area contributed by atoms with Crippen LogP contribution in [0.15, 0.2) is 10.7 Å². The summed E-state index contributed by atoms with van der Waals surface area (Å²) in [6.07, 6.45) is 0. The molecular formula is C7H10BrN3O2. The fraction of sp³-hybridized carbons (Fsp3) is 0.429. The number of halogens is 1. The van der Waals surface area contributed by atoms with Crippen molar-refractivity contribution in [3.63, 3.8) is 0 Å². The molecular weight excluding hydrogens is 238 g/mol. The molecule has 1 aromatic heterocycles. The largest absolute Gasteiger partial charge is 0.461 e. The predicted octanol–water partition coefficient (Wildman–Crippen LogP) is 0.847. The number of nitrogens with two attached hydrogens (primary N) is 1. The van der Waals surface area contributed by atoms with Crippen LogP contribution in [0, 0.1) is 0 Å². The van der Waals surface area contributed by atoms with Gasteiger partial charge in [0.25, 0.3) is 0 Å². The number of nitrogens with zero attached hydrogens (tertiary/aromatic N) is 2. The van der Waals surface area contributed by atoms with Crippen molar-refractivity contribution >= 4 is 21.7 Å². The molecule has 5 nitrogen and oxygen atoms in total. The lowest BCUT2D eigenvalue weighted by Gasteiger charge is -2.03. The molecule has 13 heavy (non-hydrogen) atoms. The van der Waals surface area contributed by atoms with Crippen LogP contribution in [0.3, 0.4) is 0 Å². The number of hydrogen-bond acceptors (Lipinski definition) is 5. The first kappa shape index (κ1) is 10.2. The summed E-state index contributed by atoms with van der Waals surface area (Å²) in [5.74, 6) is 0.370. The van der Waals surface area contributed by atoms with Gasteiger partial charge in [0.1, 0.15) is 17.0 Å². The first-order valence-electron chi connectivity index (χ1n) is 3.64. The SMILES string of the molecule is COCCOc1nc(N)cc(Br)n1. The second-order valence-corrected chi connectivity index (χ2v) is 3.05. The summed E-state index contributed by atoms with van der Waals surface area (Å²) in [6, 6.07) is 1.85. The summed E-state index contributed by atoms with van der Waals surface area (Å²) in [5.41, 5.74) is 5.47. The lowest BCUT2D eigenvalue weighted by Crippen LogP contribution is -2.07. The fourth-order valence-electron chi connectivity index (χ4n) is 0.694. The Balaban J connectivity index is 2.56. The highest BCUT2D eigenvalue weighted by atomic mass is 79.9. The quantitative estimate of drug-likeness (QED) is 0.631. The summed E-state index contributed by atoms with van der Waals surface area (Å²) < 4.78 is 10.6. The molecule has 0 amide bonds. The zero-order chi connectivity index (χ0) is 9.68. The highest BCUT2D eigenvalue weighted by Crippen LogP contribution is 2.13. The van der Waals surface area contributed by atoms with Crippen molar-refractivity contribution in [2.45, 2.75) is 0 Å². The van der Waals surface area contributed by atoms with Crippen LogP contribution in [-0.2, 0) is 4.74 Å². The minimum atomic E-state index is 0.254. The summed E-state index contributed by atoms with van der Waals surface area (Å²) >= 11 is 3.18. The van der Waals surface area contributed by atoms with Crippen molar-refractivity contribution in [3.8, 4) is 6.01 Å². The van der Waals surface area contributed by atoms with Gasteiger partial charge in [-0.05, 0) is 15.9 Å². The van der Waals surface area contributed by atoms with Gasteiger partial charge >= 0.3 is 6.01 Å². The summed E-state index contributed by atoms with van der Waals surface area (Å²) in [5, 5.41) is 0. The maximum atomic E-state index is 5.47. The van der Waals surface area contributed by atoms with Gasteiger partial charge in [0.15, 0.2) is 0 Å². The van der Waals surface area contributed by atoms with E-state index in [9.17, 15) is 0 Å². The minimum absolute atomic E-state index is 0.254. The Bertz CT molecular complexity index is 262. The number of rotatable bonds is 4. The van der Waals surface area contributed by atoms with E-state index in [0.717, 1.165) is 0 Å². The Hall–Kier alpha value is -0.880. The number of anilines is 1. The van der Waals surface area contributed by atoms with Crippen LogP contribution in [0.2, 0.25) is 0 Å². The molecule has 1 heterocycles. The van der Waals surface area contributed by atoms with Gasteiger partial charge in [0, 0.05) is 13.2 Å². The van der Waals surface area contributed by atoms with Crippen molar-refractivity contribution in [1.82, 2.24) is 9.97 Å². The van der Waals surface area contributed by atoms with Crippen LogP contribution in [-0.4, -0.2) is 30.3 Å². The molecule has 0 unspecified atom stereocenters.